The number of nitrogens with zero attached hydrogens (tertiary/aromatic N) is 3. The number of pyridine rings is 1. The van der Waals surface area contributed by atoms with Gasteiger partial charge in [0, 0.05) is 43.0 Å². The van der Waals surface area contributed by atoms with Crippen LogP contribution < -0.4 is 5.32 Å². The molecule has 1 aromatic carbocycles. The lowest BCUT2D eigenvalue weighted by Crippen LogP contribution is -2.31. The Hall–Kier alpha value is -3.02. The highest BCUT2D eigenvalue weighted by Gasteiger charge is 2.23. The van der Waals surface area contributed by atoms with Crippen LogP contribution in [0.15, 0.2) is 61.2 Å². The molecular formula is C17H15FN4O. The van der Waals surface area contributed by atoms with Gasteiger partial charge in [0.1, 0.15) is 17.7 Å². The van der Waals surface area contributed by atoms with Gasteiger partial charge in [-0.2, -0.15) is 0 Å². The highest BCUT2D eigenvalue weighted by Crippen LogP contribution is 2.23. The third-order valence-corrected chi connectivity index (χ3v) is 3.55. The topological polar surface area (TPSA) is 59.8 Å². The Labute approximate surface area is 132 Å². The summed E-state index contributed by atoms with van der Waals surface area (Å²) in [7, 11) is 1.80. The van der Waals surface area contributed by atoms with Gasteiger partial charge in [-0.25, -0.2) is 9.37 Å². The molecule has 116 valence electrons. The van der Waals surface area contributed by atoms with Gasteiger partial charge in [0.05, 0.1) is 0 Å². The largest absolute Gasteiger partial charge is 0.338 e. The molecule has 6 heteroatoms. The van der Waals surface area contributed by atoms with Gasteiger partial charge < -0.3 is 9.88 Å². The molecule has 0 spiro atoms. The molecule has 0 aliphatic rings. The molecule has 1 atom stereocenters. The van der Waals surface area contributed by atoms with Crippen molar-refractivity contribution >= 4 is 5.91 Å². The SMILES string of the molecule is Cn1ccnc1[C@@H](NC(=O)c1ccncc1)c1ccccc1F. The smallest absolute Gasteiger partial charge is 0.252 e. The summed E-state index contributed by atoms with van der Waals surface area (Å²) in [6.07, 6.45) is 6.44. The maximum Gasteiger partial charge on any atom is 0.252 e. The summed E-state index contributed by atoms with van der Waals surface area (Å²) in [5.74, 6) is -0.156. The van der Waals surface area contributed by atoms with Crippen LogP contribution in [0.5, 0.6) is 0 Å². The maximum absolute atomic E-state index is 14.2. The number of rotatable bonds is 4. The third-order valence-electron chi connectivity index (χ3n) is 3.55. The Bertz CT molecular complexity index is 816. The predicted octanol–water partition coefficient (Wildman–Crippen LogP) is 2.47. The van der Waals surface area contributed by atoms with Crippen LogP contribution in [0.2, 0.25) is 0 Å². The van der Waals surface area contributed by atoms with E-state index in [0.29, 0.717) is 17.0 Å². The standard InChI is InChI=1S/C17H15FN4O/c1-22-11-10-20-16(22)15(13-4-2-3-5-14(13)18)21-17(23)12-6-8-19-9-7-12/h2-11,15H,1H3,(H,21,23)/t15-/m0/s1. The Morgan fingerprint density at radius 2 is 1.91 bits per heavy atom. The van der Waals surface area contributed by atoms with E-state index >= 15 is 0 Å². The molecule has 23 heavy (non-hydrogen) atoms. The van der Waals surface area contributed by atoms with Crippen LogP contribution in [0.1, 0.15) is 27.8 Å². The van der Waals surface area contributed by atoms with E-state index < -0.39 is 11.9 Å². The molecule has 5 nitrogen and oxygen atoms in total. The predicted molar refractivity (Wildman–Crippen MR) is 83.2 cm³/mol. The van der Waals surface area contributed by atoms with Crippen molar-refractivity contribution in [3.8, 4) is 0 Å². The maximum atomic E-state index is 14.2. The van der Waals surface area contributed by atoms with Gasteiger partial charge in [-0.15, -0.1) is 0 Å². The van der Waals surface area contributed by atoms with Crippen molar-refractivity contribution in [2.45, 2.75) is 6.04 Å². The second-order valence-corrected chi connectivity index (χ2v) is 5.06. The van der Waals surface area contributed by atoms with Crippen molar-refractivity contribution in [1.82, 2.24) is 19.9 Å². The van der Waals surface area contributed by atoms with Crippen LogP contribution in [-0.2, 0) is 7.05 Å². The molecule has 3 aromatic rings. The third kappa shape index (κ3) is 3.11. The van der Waals surface area contributed by atoms with Crippen molar-refractivity contribution in [2.75, 3.05) is 0 Å². The molecule has 0 unspecified atom stereocenters. The highest BCUT2D eigenvalue weighted by atomic mass is 19.1. The number of carbonyl (C=O) groups excluding carboxylic acids is 1. The summed E-state index contributed by atoms with van der Waals surface area (Å²) in [5.41, 5.74) is 0.819. The number of hydrogen-bond acceptors (Lipinski definition) is 3. The Kier molecular flexibility index (Phi) is 4.14. The first-order valence-corrected chi connectivity index (χ1v) is 7.09. The Morgan fingerprint density at radius 1 is 1.17 bits per heavy atom. The van der Waals surface area contributed by atoms with E-state index in [1.807, 2.05) is 0 Å². The number of aryl methyl sites for hydroxylation is 1. The van der Waals surface area contributed by atoms with Crippen LogP contribution in [0, 0.1) is 5.82 Å². The molecule has 0 bridgehead atoms. The summed E-state index contributed by atoms with van der Waals surface area (Å²) < 4.78 is 16.0. The van der Waals surface area contributed by atoms with Gasteiger partial charge >= 0.3 is 0 Å². The summed E-state index contributed by atoms with van der Waals surface area (Å²) in [6, 6.07) is 8.87. The number of aromatic nitrogens is 3. The van der Waals surface area contributed by atoms with Gasteiger partial charge in [-0.3, -0.25) is 9.78 Å². The Balaban J connectivity index is 1.98. The molecule has 0 radical (unpaired) electrons. The molecule has 0 aliphatic carbocycles. The van der Waals surface area contributed by atoms with Crippen LogP contribution in [0.4, 0.5) is 4.39 Å². The average Bonchev–Trinajstić information content (AvgIpc) is 3.00. The quantitative estimate of drug-likeness (QED) is 0.805. The number of benzene rings is 1. The monoisotopic (exact) mass is 310 g/mol. The zero-order chi connectivity index (χ0) is 16.2. The van der Waals surface area contributed by atoms with Gasteiger partial charge in [-0.05, 0) is 18.2 Å². The highest BCUT2D eigenvalue weighted by molar-refractivity contribution is 5.94. The van der Waals surface area contributed by atoms with Gasteiger partial charge in [-0.1, -0.05) is 18.2 Å². The molecule has 0 saturated carbocycles. The second kappa shape index (κ2) is 6.39. The van der Waals surface area contributed by atoms with Crippen molar-refractivity contribution in [1.29, 1.82) is 0 Å². The molecule has 0 fully saturated rings. The van der Waals surface area contributed by atoms with E-state index in [2.05, 4.69) is 15.3 Å². The average molecular weight is 310 g/mol. The first-order valence-electron chi connectivity index (χ1n) is 7.09. The minimum absolute atomic E-state index is 0.316. The number of halogens is 1. The Morgan fingerprint density at radius 3 is 2.57 bits per heavy atom. The lowest BCUT2D eigenvalue weighted by atomic mass is 10.0. The van der Waals surface area contributed by atoms with Crippen LogP contribution in [-0.4, -0.2) is 20.4 Å². The van der Waals surface area contributed by atoms with E-state index in [1.165, 1.54) is 18.5 Å². The summed E-state index contributed by atoms with van der Waals surface area (Å²) in [5, 5.41) is 2.84. The number of hydrogen-bond donors (Lipinski definition) is 1. The van der Waals surface area contributed by atoms with Crippen LogP contribution in [0.3, 0.4) is 0 Å². The normalized spacial score (nSPS) is 11.9. The summed E-state index contributed by atoms with van der Waals surface area (Å²) in [4.78, 5) is 20.6. The molecule has 2 aromatic heterocycles. The lowest BCUT2D eigenvalue weighted by Gasteiger charge is -2.19. The van der Waals surface area contributed by atoms with E-state index in [9.17, 15) is 9.18 Å². The van der Waals surface area contributed by atoms with E-state index in [0.717, 1.165) is 0 Å². The van der Waals surface area contributed by atoms with Crippen LogP contribution >= 0.6 is 0 Å². The number of carbonyl (C=O) groups is 1. The summed E-state index contributed by atoms with van der Waals surface area (Å²) >= 11 is 0. The zero-order valence-electron chi connectivity index (χ0n) is 12.5. The molecule has 0 saturated heterocycles. The number of imidazole rings is 1. The van der Waals surface area contributed by atoms with Gasteiger partial charge in [0.15, 0.2) is 0 Å². The first kappa shape index (κ1) is 14.9. The van der Waals surface area contributed by atoms with E-state index in [1.54, 1.807) is 54.3 Å². The van der Waals surface area contributed by atoms with Crippen LogP contribution in [0.25, 0.3) is 0 Å². The number of amides is 1. The second-order valence-electron chi connectivity index (χ2n) is 5.06. The zero-order valence-corrected chi connectivity index (χ0v) is 12.5. The van der Waals surface area contributed by atoms with Gasteiger partial charge in [0.2, 0.25) is 0 Å². The van der Waals surface area contributed by atoms with Crippen molar-refractivity contribution in [2.24, 2.45) is 7.05 Å². The molecule has 2 heterocycles. The van der Waals surface area contributed by atoms with E-state index in [-0.39, 0.29) is 5.91 Å². The van der Waals surface area contributed by atoms with Crippen molar-refractivity contribution in [3.05, 3.63) is 84.0 Å². The molecule has 1 amide bonds. The molecule has 1 N–H and O–H groups in total. The van der Waals surface area contributed by atoms with Gasteiger partial charge in [0.25, 0.3) is 5.91 Å². The molecule has 0 aliphatic heterocycles. The van der Waals surface area contributed by atoms with Crippen molar-refractivity contribution in [3.63, 3.8) is 0 Å². The first-order chi connectivity index (χ1) is 11.2. The minimum Gasteiger partial charge on any atom is -0.338 e. The summed E-state index contributed by atoms with van der Waals surface area (Å²) in [6.45, 7) is 0. The molecule has 3 rings (SSSR count). The molecular weight excluding hydrogens is 295 g/mol. The van der Waals surface area contributed by atoms with Crippen molar-refractivity contribution < 1.29 is 9.18 Å². The lowest BCUT2D eigenvalue weighted by molar-refractivity contribution is 0.0940. The van der Waals surface area contributed by atoms with E-state index in [4.69, 9.17) is 0 Å². The fraction of sp³-hybridized carbons (Fsp3) is 0.118. The fourth-order valence-corrected chi connectivity index (χ4v) is 2.36. The fourth-order valence-electron chi connectivity index (χ4n) is 2.36. The number of nitrogens with one attached hydrogen (secondary N) is 1. The minimum atomic E-state index is -0.683.